The second kappa shape index (κ2) is 4.33. The maximum absolute atomic E-state index is 12.7. The summed E-state index contributed by atoms with van der Waals surface area (Å²) in [6, 6.07) is 4.50. The van der Waals surface area contributed by atoms with Crippen LogP contribution >= 0.6 is 15.9 Å². The lowest BCUT2D eigenvalue weighted by Gasteiger charge is -2.05. The minimum Gasteiger partial charge on any atom is -0.236 e. The second-order valence-electron chi connectivity index (χ2n) is 4.47. The van der Waals surface area contributed by atoms with Gasteiger partial charge in [0.25, 0.3) is 0 Å². The summed E-state index contributed by atoms with van der Waals surface area (Å²) in [6.45, 7) is 0. The summed E-state index contributed by atoms with van der Waals surface area (Å²) in [4.78, 5) is 4.10. The molecular weight excluding hydrogens is 323 g/mol. The smallest absolute Gasteiger partial charge is 0.236 e. The third kappa shape index (κ3) is 2.51. The fourth-order valence-electron chi connectivity index (χ4n) is 1.88. The summed E-state index contributed by atoms with van der Waals surface area (Å²) in [7, 11) is 0. The van der Waals surface area contributed by atoms with Gasteiger partial charge in [-0.25, -0.2) is 9.67 Å². The van der Waals surface area contributed by atoms with Crippen LogP contribution in [0.3, 0.4) is 0 Å². The van der Waals surface area contributed by atoms with Crippen LogP contribution in [-0.4, -0.2) is 14.8 Å². The van der Waals surface area contributed by atoms with Gasteiger partial charge in [-0.15, -0.1) is 0 Å². The molecule has 0 spiro atoms. The van der Waals surface area contributed by atoms with E-state index in [1.54, 1.807) is 18.3 Å². The van der Waals surface area contributed by atoms with Crippen LogP contribution < -0.4 is 0 Å². The lowest BCUT2D eigenvalue weighted by atomic mass is 10.2. The number of pyridine rings is 1. The van der Waals surface area contributed by atoms with Crippen molar-refractivity contribution in [3.63, 3.8) is 0 Å². The molecule has 1 saturated carbocycles. The number of aromatic nitrogens is 3. The summed E-state index contributed by atoms with van der Waals surface area (Å²) in [5, 5.41) is 3.66. The highest BCUT2D eigenvalue weighted by atomic mass is 79.9. The van der Waals surface area contributed by atoms with Gasteiger partial charge in [0.2, 0.25) is 0 Å². The summed E-state index contributed by atoms with van der Waals surface area (Å²) >= 11 is 3.24. The molecule has 7 heteroatoms. The molecule has 0 aromatic carbocycles. The fourth-order valence-corrected chi connectivity index (χ4v) is 2.12. The van der Waals surface area contributed by atoms with Crippen molar-refractivity contribution < 1.29 is 13.2 Å². The molecular formula is C12H9BrF3N3. The second-order valence-corrected chi connectivity index (χ2v) is 5.39. The predicted molar refractivity (Wildman–Crippen MR) is 66.0 cm³/mol. The molecule has 2 aromatic rings. The molecule has 1 fully saturated rings. The largest absolute Gasteiger partial charge is 0.435 e. The predicted octanol–water partition coefficient (Wildman–Crippen LogP) is 3.93. The van der Waals surface area contributed by atoms with Crippen molar-refractivity contribution in [3.8, 4) is 5.82 Å². The maximum Gasteiger partial charge on any atom is 0.435 e. The van der Waals surface area contributed by atoms with E-state index in [0.29, 0.717) is 11.5 Å². The van der Waals surface area contributed by atoms with Crippen molar-refractivity contribution >= 4 is 15.9 Å². The van der Waals surface area contributed by atoms with Crippen LogP contribution in [0, 0.1) is 0 Å². The Hall–Kier alpha value is -1.37. The van der Waals surface area contributed by atoms with Crippen LogP contribution in [0.2, 0.25) is 0 Å². The Balaban J connectivity index is 2.08. The first-order valence-electron chi connectivity index (χ1n) is 5.74. The van der Waals surface area contributed by atoms with E-state index in [-0.39, 0.29) is 5.92 Å². The van der Waals surface area contributed by atoms with Crippen molar-refractivity contribution in [1.82, 2.24) is 14.8 Å². The maximum atomic E-state index is 12.7. The van der Waals surface area contributed by atoms with Crippen molar-refractivity contribution in [1.29, 1.82) is 0 Å². The molecule has 0 saturated heterocycles. The quantitative estimate of drug-likeness (QED) is 0.834. The molecule has 0 atom stereocenters. The zero-order valence-corrected chi connectivity index (χ0v) is 11.2. The zero-order chi connectivity index (χ0) is 13.6. The Labute approximate surface area is 115 Å². The van der Waals surface area contributed by atoms with Crippen molar-refractivity contribution in [2.24, 2.45) is 0 Å². The number of hydrogen-bond donors (Lipinski definition) is 0. The van der Waals surface area contributed by atoms with Gasteiger partial charge < -0.3 is 0 Å². The van der Waals surface area contributed by atoms with Gasteiger partial charge in [0.1, 0.15) is 0 Å². The number of halogens is 4. The van der Waals surface area contributed by atoms with Crippen LogP contribution in [-0.2, 0) is 6.18 Å². The van der Waals surface area contributed by atoms with Crippen molar-refractivity contribution in [2.45, 2.75) is 24.9 Å². The van der Waals surface area contributed by atoms with Crippen molar-refractivity contribution in [2.75, 3.05) is 0 Å². The molecule has 1 aliphatic carbocycles. The highest BCUT2D eigenvalue weighted by Gasteiger charge is 2.38. The van der Waals surface area contributed by atoms with Gasteiger partial charge >= 0.3 is 6.18 Å². The summed E-state index contributed by atoms with van der Waals surface area (Å²) in [5.74, 6) is 0.564. The van der Waals surface area contributed by atoms with E-state index in [4.69, 9.17) is 0 Å². The van der Waals surface area contributed by atoms with Crippen LogP contribution in [0.4, 0.5) is 13.2 Å². The van der Waals surface area contributed by atoms with E-state index >= 15 is 0 Å². The normalized spacial score (nSPS) is 15.8. The molecule has 2 aromatic heterocycles. The Morgan fingerprint density at radius 2 is 2.00 bits per heavy atom. The molecule has 3 nitrogen and oxygen atoms in total. The average Bonchev–Trinajstić information content (AvgIpc) is 3.08. The van der Waals surface area contributed by atoms with Gasteiger partial charge in [-0.05, 0) is 47.0 Å². The molecule has 19 heavy (non-hydrogen) atoms. The number of nitrogens with zero attached hydrogens (tertiary/aromatic N) is 3. The van der Waals surface area contributed by atoms with Gasteiger partial charge in [-0.2, -0.15) is 18.3 Å². The van der Waals surface area contributed by atoms with Gasteiger partial charge in [0, 0.05) is 22.3 Å². The fraction of sp³-hybridized carbons (Fsp3) is 0.333. The number of rotatable bonds is 2. The average molecular weight is 332 g/mol. The van der Waals surface area contributed by atoms with E-state index in [0.717, 1.165) is 23.4 Å². The van der Waals surface area contributed by atoms with Crippen LogP contribution in [0.15, 0.2) is 28.9 Å². The molecule has 100 valence electrons. The van der Waals surface area contributed by atoms with Gasteiger partial charge in [0.05, 0.1) is 0 Å². The molecule has 0 radical (unpaired) electrons. The molecule has 0 amide bonds. The van der Waals surface area contributed by atoms with E-state index < -0.39 is 11.9 Å². The molecule has 0 aliphatic heterocycles. The summed E-state index contributed by atoms with van der Waals surface area (Å²) in [6.07, 6.45) is -1.08. The number of hydrogen-bond acceptors (Lipinski definition) is 2. The Kier molecular flexibility index (Phi) is 2.88. The molecule has 2 heterocycles. The first-order valence-corrected chi connectivity index (χ1v) is 6.53. The molecule has 0 unspecified atom stereocenters. The topological polar surface area (TPSA) is 30.7 Å². The Bertz CT molecular complexity index is 600. The first-order chi connectivity index (χ1) is 8.95. The van der Waals surface area contributed by atoms with Gasteiger partial charge in [0.15, 0.2) is 11.5 Å². The Morgan fingerprint density at radius 1 is 1.26 bits per heavy atom. The van der Waals surface area contributed by atoms with Crippen molar-refractivity contribution in [3.05, 3.63) is 40.3 Å². The lowest BCUT2D eigenvalue weighted by Crippen LogP contribution is -2.08. The molecule has 3 rings (SSSR count). The van der Waals surface area contributed by atoms with E-state index in [1.807, 2.05) is 0 Å². The van der Waals surface area contributed by atoms with Crippen LogP contribution in [0.5, 0.6) is 0 Å². The monoisotopic (exact) mass is 331 g/mol. The summed E-state index contributed by atoms with van der Waals surface area (Å²) < 4.78 is 40.3. The third-order valence-electron chi connectivity index (χ3n) is 2.95. The minimum atomic E-state index is -4.43. The highest BCUT2D eigenvalue weighted by molar-refractivity contribution is 9.10. The van der Waals surface area contributed by atoms with Gasteiger partial charge in [-0.1, -0.05) is 0 Å². The lowest BCUT2D eigenvalue weighted by molar-refractivity contribution is -0.141. The standard InChI is InChI=1S/C12H9BrF3N3/c13-8-3-4-11(17-6-8)19-9(7-1-2-7)5-10(18-19)12(14,15)16/h3-7H,1-2H2. The van der Waals surface area contributed by atoms with Crippen LogP contribution in [0.25, 0.3) is 5.82 Å². The molecule has 0 bridgehead atoms. The van der Waals surface area contributed by atoms with E-state index in [9.17, 15) is 13.2 Å². The third-order valence-corrected chi connectivity index (χ3v) is 3.42. The summed E-state index contributed by atoms with van der Waals surface area (Å²) in [5.41, 5.74) is -0.277. The minimum absolute atomic E-state index is 0.161. The number of alkyl halides is 3. The molecule has 1 aliphatic rings. The van der Waals surface area contributed by atoms with Crippen LogP contribution in [0.1, 0.15) is 30.1 Å². The zero-order valence-electron chi connectivity index (χ0n) is 9.65. The van der Waals surface area contributed by atoms with Gasteiger partial charge in [-0.3, -0.25) is 0 Å². The molecule has 0 N–H and O–H groups in total. The highest BCUT2D eigenvalue weighted by Crippen LogP contribution is 2.42. The van der Waals surface area contributed by atoms with E-state index in [1.165, 1.54) is 4.68 Å². The first kappa shape index (κ1) is 12.7. The SMILES string of the molecule is FC(F)(F)c1cc(C2CC2)n(-c2ccc(Br)cn2)n1. The van der Waals surface area contributed by atoms with E-state index in [2.05, 4.69) is 26.0 Å². The Morgan fingerprint density at radius 3 is 2.53 bits per heavy atom.